The minimum Gasteiger partial charge on any atom is -0.489 e. The van der Waals surface area contributed by atoms with Crippen LogP contribution in [0.15, 0.2) is 47.4 Å². The second kappa shape index (κ2) is 7.99. The normalized spacial score (nSPS) is 20.7. The summed E-state index contributed by atoms with van der Waals surface area (Å²) in [6.07, 6.45) is 3.45. The first-order valence-corrected chi connectivity index (χ1v) is 10.7. The molecule has 2 aromatic carbocycles. The van der Waals surface area contributed by atoms with E-state index >= 15 is 0 Å². The van der Waals surface area contributed by atoms with Gasteiger partial charge in [0, 0.05) is 5.02 Å². The van der Waals surface area contributed by atoms with Crippen LogP contribution in [0.1, 0.15) is 36.8 Å². The van der Waals surface area contributed by atoms with Crippen molar-refractivity contribution < 1.29 is 13.2 Å². The highest BCUT2D eigenvalue weighted by molar-refractivity contribution is 7.89. The molecule has 2 aromatic rings. The van der Waals surface area contributed by atoms with Crippen LogP contribution in [0.25, 0.3) is 0 Å². The molecule has 0 bridgehead atoms. The van der Waals surface area contributed by atoms with Crippen LogP contribution in [0.5, 0.6) is 5.75 Å². The van der Waals surface area contributed by atoms with Crippen molar-refractivity contribution in [3.63, 3.8) is 0 Å². The SMILES string of the molecule is Cc1cc(C)cc(O[C@H]2CCCC[C@H]2NS(=O)(=O)c2ccc(Cl)cc2)c1. The molecule has 0 aliphatic heterocycles. The number of hydrogen-bond donors (Lipinski definition) is 1. The lowest BCUT2D eigenvalue weighted by molar-refractivity contribution is 0.124. The summed E-state index contributed by atoms with van der Waals surface area (Å²) in [5.41, 5.74) is 2.27. The lowest BCUT2D eigenvalue weighted by Crippen LogP contribution is -2.47. The second-order valence-electron chi connectivity index (χ2n) is 6.95. The van der Waals surface area contributed by atoms with Gasteiger partial charge >= 0.3 is 0 Å². The third-order valence-electron chi connectivity index (χ3n) is 4.62. The molecule has 2 atom stereocenters. The van der Waals surface area contributed by atoms with Gasteiger partial charge in [0.15, 0.2) is 0 Å². The monoisotopic (exact) mass is 393 g/mol. The number of ether oxygens (including phenoxy) is 1. The average Bonchev–Trinajstić information content (AvgIpc) is 2.56. The van der Waals surface area contributed by atoms with Crippen molar-refractivity contribution in [2.75, 3.05) is 0 Å². The lowest BCUT2D eigenvalue weighted by Gasteiger charge is -2.32. The molecule has 0 aromatic heterocycles. The van der Waals surface area contributed by atoms with Gasteiger partial charge in [-0.25, -0.2) is 13.1 Å². The molecule has 26 heavy (non-hydrogen) atoms. The number of aryl methyl sites for hydroxylation is 2. The van der Waals surface area contributed by atoms with E-state index in [0.29, 0.717) is 5.02 Å². The van der Waals surface area contributed by atoms with Crippen molar-refractivity contribution >= 4 is 21.6 Å². The van der Waals surface area contributed by atoms with Crippen LogP contribution in [0, 0.1) is 13.8 Å². The Morgan fingerprint density at radius 1 is 1.00 bits per heavy atom. The van der Waals surface area contributed by atoms with Crippen molar-refractivity contribution in [3.05, 3.63) is 58.6 Å². The fourth-order valence-corrected chi connectivity index (χ4v) is 4.85. The first-order chi connectivity index (χ1) is 12.3. The summed E-state index contributed by atoms with van der Waals surface area (Å²) in [4.78, 5) is 0.220. The smallest absolute Gasteiger partial charge is 0.240 e. The Kier molecular flexibility index (Phi) is 5.90. The molecular formula is C20H24ClNO3S. The van der Waals surface area contributed by atoms with Crippen LogP contribution in [-0.4, -0.2) is 20.6 Å². The van der Waals surface area contributed by atoms with E-state index in [-0.39, 0.29) is 17.0 Å². The Bertz CT molecular complexity index is 845. The molecule has 1 aliphatic rings. The molecule has 6 heteroatoms. The zero-order chi connectivity index (χ0) is 18.7. The van der Waals surface area contributed by atoms with Crippen molar-refractivity contribution in [1.29, 1.82) is 0 Å². The van der Waals surface area contributed by atoms with Gasteiger partial charge in [0.25, 0.3) is 0 Å². The fourth-order valence-electron chi connectivity index (χ4n) is 3.43. The Balaban J connectivity index is 1.77. The Morgan fingerprint density at radius 3 is 2.27 bits per heavy atom. The second-order valence-corrected chi connectivity index (χ2v) is 9.10. The summed E-state index contributed by atoms with van der Waals surface area (Å²) in [7, 11) is -3.61. The number of sulfonamides is 1. The van der Waals surface area contributed by atoms with Gasteiger partial charge in [-0.1, -0.05) is 24.1 Å². The standard InChI is InChI=1S/C20H24ClNO3S/c1-14-11-15(2)13-17(12-14)25-20-6-4-3-5-19(20)22-26(23,24)18-9-7-16(21)8-10-18/h7-13,19-20,22H,3-6H2,1-2H3/t19-,20+/m1/s1. The molecule has 0 radical (unpaired) electrons. The Labute approximate surface area is 160 Å². The highest BCUT2D eigenvalue weighted by Gasteiger charge is 2.31. The van der Waals surface area contributed by atoms with Gasteiger partial charge in [-0.2, -0.15) is 0 Å². The molecule has 1 fully saturated rings. The third-order valence-corrected chi connectivity index (χ3v) is 6.37. The van der Waals surface area contributed by atoms with Crippen LogP contribution in [0.3, 0.4) is 0 Å². The van der Waals surface area contributed by atoms with Crippen LogP contribution in [0.2, 0.25) is 5.02 Å². The van der Waals surface area contributed by atoms with Gasteiger partial charge in [0.05, 0.1) is 10.9 Å². The van der Waals surface area contributed by atoms with Crippen LogP contribution in [0.4, 0.5) is 0 Å². The summed E-state index contributed by atoms with van der Waals surface area (Å²) in [6, 6.07) is 12.0. The minimum atomic E-state index is -3.61. The molecule has 3 rings (SSSR count). The first-order valence-electron chi connectivity index (χ1n) is 8.86. The van der Waals surface area contributed by atoms with Crippen molar-refractivity contribution in [1.82, 2.24) is 4.72 Å². The molecule has 140 valence electrons. The molecule has 1 N–H and O–H groups in total. The van der Waals surface area contributed by atoms with Gasteiger partial charge in [-0.05, 0) is 80.6 Å². The molecule has 0 unspecified atom stereocenters. The van der Waals surface area contributed by atoms with Crippen LogP contribution < -0.4 is 9.46 Å². The molecule has 1 aliphatic carbocycles. The maximum Gasteiger partial charge on any atom is 0.240 e. The molecule has 0 heterocycles. The number of benzene rings is 2. The van der Waals surface area contributed by atoms with E-state index in [1.807, 2.05) is 26.0 Å². The van der Waals surface area contributed by atoms with Gasteiger partial charge in [-0.15, -0.1) is 0 Å². The lowest BCUT2D eigenvalue weighted by atomic mass is 9.93. The van der Waals surface area contributed by atoms with Gasteiger partial charge in [0.2, 0.25) is 10.0 Å². The van der Waals surface area contributed by atoms with Gasteiger partial charge < -0.3 is 4.74 Å². The number of halogens is 1. The third kappa shape index (κ3) is 4.78. The number of rotatable bonds is 5. The largest absolute Gasteiger partial charge is 0.489 e. The van der Waals surface area contributed by atoms with E-state index in [2.05, 4.69) is 10.8 Å². The highest BCUT2D eigenvalue weighted by Crippen LogP contribution is 2.27. The van der Waals surface area contributed by atoms with Crippen molar-refractivity contribution in [2.24, 2.45) is 0 Å². The van der Waals surface area contributed by atoms with Gasteiger partial charge in [0.1, 0.15) is 11.9 Å². The zero-order valence-electron chi connectivity index (χ0n) is 15.0. The van der Waals surface area contributed by atoms with E-state index in [1.165, 1.54) is 12.1 Å². The molecular weight excluding hydrogens is 370 g/mol. The maximum atomic E-state index is 12.7. The average molecular weight is 394 g/mol. The van der Waals surface area contributed by atoms with Crippen LogP contribution >= 0.6 is 11.6 Å². The molecule has 1 saturated carbocycles. The van der Waals surface area contributed by atoms with Gasteiger partial charge in [-0.3, -0.25) is 0 Å². The molecule has 0 saturated heterocycles. The number of nitrogens with one attached hydrogen (secondary N) is 1. The van der Waals surface area contributed by atoms with E-state index in [4.69, 9.17) is 16.3 Å². The predicted molar refractivity (Wildman–Crippen MR) is 104 cm³/mol. The zero-order valence-corrected chi connectivity index (χ0v) is 16.6. The summed E-state index contributed by atoms with van der Waals surface area (Å²) in [5, 5.41) is 0.512. The van der Waals surface area contributed by atoms with E-state index < -0.39 is 10.0 Å². The van der Waals surface area contributed by atoms with E-state index in [9.17, 15) is 8.42 Å². The molecule has 0 amide bonds. The fraction of sp³-hybridized carbons (Fsp3) is 0.400. The topological polar surface area (TPSA) is 55.4 Å². The first kappa shape index (κ1) is 19.2. The van der Waals surface area contributed by atoms with Crippen LogP contribution in [-0.2, 0) is 10.0 Å². The summed E-state index contributed by atoms with van der Waals surface area (Å²) in [6.45, 7) is 4.06. The quantitative estimate of drug-likeness (QED) is 0.805. The van der Waals surface area contributed by atoms with Crippen molar-refractivity contribution in [3.8, 4) is 5.75 Å². The highest BCUT2D eigenvalue weighted by atomic mass is 35.5. The summed E-state index contributed by atoms with van der Waals surface area (Å²) in [5.74, 6) is 0.796. The minimum absolute atomic E-state index is 0.174. The molecule has 0 spiro atoms. The Hall–Kier alpha value is -1.56. The predicted octanol–water partition coefficient (Wildman–Crippen LogP) is 4.63. The van der Waals surface area contributed by atoms with E-state index in [1.54, 1.807) is 12.1 Å². The van der Waals surface area contributed by atoms with Crippen molar-refractivity contribution in [2.45, 2.75) is 56.6 Å². The summed E-state index contributed by atoms with van der Waals surface area (Å²) >= 11 is 5.86. The molecule has 4 nitrogen and oxygen atoms in total. The maximum absolute atomic E-state index is 12.7. The number of hydrogen-bond acceptors (Lipinski definition) is 3. The van der Waals surface area contributed by atoms with E-state index in [0.717, 1.165) is 42.6 Å². The summed E-state index contributed by atoms with van der Waals surface area (Å²) < 4.78 is 34.4. The Morgan fingerprint density at radius 2 is 1.62 bits per heavy atom.